The summed E-state index contributed by atoms with van der Waals surface area (Å²) in [5.74, 6) is -0.101. The van der Waals surface area contributed by atoms with Gasteiger partial charge in [-0.15, -0.1) is 0 Å². The van der Waals surface area contributed by atoms with Gasteiger partial charge in [-0.2, -0.15) is 4.31 Å². The van der Waals surface area contributed by atoms with Gasteiger partial charge < -0.3 is 0 Å². The first kappa shape index (κ1) is 22.5. The Morgan fingerprint density at radius 2 is 1.45 bits per heavy atom. The largest absolute Gasteiger partial charge is 0.297 e. The standard InChI is InChI=1S/C23H30N2O4S2/c1-18-12-14-21(15-13-18)31(28,29)25-16-19(24(2)22-10-6-7-11-23(22)25)17-30(26,27)20-8-4-3-5-9-20/h3-5,8-9,12-15,19,22-23H,6-7,10-11,16-17H2,1-2H3/t19-,22?,23?/m0/s1. The maximum atomic E-state index is 13.6. The van der Waals surface area contributed by atoms with E-state index in [4.69, 9.17) is 0 Å². The van der Waals surface area contributed by atoms with Gasteiger partial charge in [0, 0.05) is 24.7 Å². The molecule has 2 aromatic rings. The van der Waals surface area contributed by atoms with Crippen LogP contribution >= 0.6 is 0 Å². The lowest BCUT2D eigenvalue weighted by atomic mass is 9.86. The van der Waals surface area contributed by atoms with Crippen LogP contribution in [0.4, 0.5) is 0 Å². The molecule has 2 fully saturated rings. The second-order valence-electron chi connectivity index (χ2n) is 8.72. The number of rotatable bonds is 5. The Morgan fingerprint density at radius 3 is 2.10 bits per heavy atom. The summed E-state index contributed by atoms with van der Waals surface area (Å²) in [4.78, 5) is 2.67. The lowest BCUT2D eigenvalue weighted by Crippen LogP contribution is -2.65. The summed E-state index contributed by atoms with van der Waals surface area (Å²) in [6, 6.07) is 14.8. The Kier molecular flexibility index (Phi) is 6.27. The lowest BCUT2D eigenvalue weighted by molar-refractivity contribution is 0.0229. The maximum absolute atomic E-state index is 13.6. The van der Waals surface area contributed by atoms with Crippen molar-refractivity contribution < 1.29 is 16.8 Å². The van der Waals surface area contributed by atoms with Crippen LogP contribution in [0.15, 0.2) is 64.4 Å². The molecule has 4 rings (SSSR count). The van der Waals surface area contributed by atoms with Crippen LogP contribution in [-0.4, -0.2) is 63.5 Å². The first-order valence-electron chi connectivity index (χ1n) is 10.8. The fourth-order valence-electron chi connectivity index (χ4n) is 4.91. The molecule has 2 aliphatic rings. The highest BCUT2D eigenvalue weighted by atomic mass is 32.2. The summed E-state index contributed by atoms with van der Waals surface area (Å²) in [6.07, 6.45) is 3.70. The van der Waals surface area contributed by atoms with E-state index in [-0.39, 0.29) is 34.2 Å². The second-order valence-corrected chi connectivity index (χ2v) is 12.6. The third-order valence-corrected chi connectivity index (χ3v) is 10.4. The number of sulfonamides is 1. The van der Waals surface area contributed by atoms with E-state index < -0.39 is 25.9 Å². The van der Waals surface area contributed by atoms with Crippen LogP contribution in [0, 0.1) is 6.92 Å². The van der Waals surface area contributed by atoms with E-state index >= 15 is 0 Å². The van der Waals surface area contributed by atoms with Gasteiger partial charge >= 0.3 is 0 Å². The van der Waals surface area contributed by atoms with Gasteiger partial charge in [-0.05, 0) is 51.1 Å². The van der Waals surface area contributed by atoms with Gasteiger partial charge in [-0.3, -0.25) is 4.90 Å². The normalized spacial score (nSPS) is 25.8. The molecule has 0 spiro atoms. The zero-order valence-electron chi connectivity index (χ0n) is 18.0. The number of sulfone groups is 1. The molecule has 0 radical (unpaired) electrons. The van der Waals surface area contributed by atoms with E-state index in [1.165, 1.54) is 0 Å². The Morgan fingerprint density at radius 1 is 0.839 bits per heavy atom. The smallest absolute Gasteiger partial charge is 0.243 e. The summed E-state index contributed by atoms with van der Waals surface area (Å²) >= 11 is 0. The van der Waals surface area contributed by atoms with Crippen LogP contribution < -0.4 is 0 Å². The van der Waals surface area contributed by atoms with Gasteiger partial charge in [0.2, 0.25) is 10.0 Å². The maximum Gasteiger partial charge on any atom is 0.243 e. The van der Waals surface area contributed by atoms with E-state index in [9.17, 15) is 16.8 Å². The predicted octanol–water partition coefficient (Wildman–Crippen LogP) is 3.08. The average molecular weight is 463 g/mol. The number of benzene rings is 2. The summed E-state index contributed by atoms with van der Waals surface area (Å²) in [5.41, 5.74) is 1.000. The molecule has 1 heterocycles. The fourth-order valence-corrected chi connectivity index (χ4v) is 8.25. The van der Waals surface area contributed by atoms with Crippen molar-refractivity contribution in [3.8, 4) is 0 Å². The monoisotopic (exact) mass is 462 g/mol. The van der Waals surface area contributed by atoms with E-state index in [2.05, 4.69) is 4.90 Å². The first-order valence-corrected chi connectivity index (χ1v) is 13.9. The Labute approximate surface area is 185 Å². The zero-order valence-corrected chi connectivity index (χ0v) is 19.6. The van der Waals surface area contributed by atoms with Crippen molar-refractivity contribution in [3.05, 3.63) is 60.2 Å². The van der Waals surface area contributed by atoms with Crippen molar-refractivity contribution >= 4 is 19.9 Å². The Balaban J connectivity index is 1.68. The highest BCUT2D eigenvalue weighted by Gasteiger charge is 2.47. The van der Waals surface area contributed by atoms with Crippen molar-refractivity contribution in [2.45, 2.75) is 60.5 Å². The molecule has 0 aromatic heterocycles. The number of piperazine rings is 1. The number of nitrogens with zero attached hydrogens (tertiary/aromatic N) is 2. The van der Waals surface area contributed by atoms with Gasteiger partial charge in [-0.1, -0.05) is 48.7 Å². The minimum absolute atomic E-state index is 0.0266. The highest BCUT2D eigenvalue weighted by molar-refractivity contribution is 7.91. The number of fused-ring (bicyclic) bond motifs is 1. The van der Waals surface area contributed by atoms with Crippen molar-refractivity contribution in [2.24, 2.45) is 0 Å². The molecule has 2 unspecified atom stereocenters. The molecule has 168 valence electrons. The van der Waals surface area contributed by atoms with Crippen LogP contribution in [0.5, 0.6) is 0 Å². The van der Waals surface area contributed by atoms with E-state index in [0.29, 0.717) is 0 Å². The predicted molar refractivity (Wildman–Crippen MR) is 121 cm³/mol. The molecular formula is C23H30N2O4S2. The van der Waals surface area contributed by atoms with Crippen LogP contribution in [0.25, 0.3) is 0 Å². The van der Waals surface area contributed by atoms with Crippen molar-refractivity contribution in [1.29, 1.82) is 0 Å². The summed E-state index contributed by atoms with van der Waals surface area (Å²) in [7, 11) is -5.30. The number of likely N-dealkylation sites (N-methyl/N-ethyl adjacent to an activating group) is 1. The Bertz CT molecular complexity index is 1120. The summed E-state index contributed by atoms with van der Waals surface area (Å²) in [6.45, 7) is 2.10. The molecule has 3 atom stereocenters. The molecular weight excluding hydrogens is 432 g/mol. The summed E-state index contributed by atoms with van der Waals surface area (Å²) in [5, 5.41) is 0. The quantitative estimate of drug-likeness (QED) is 0.683. The molecule has 6 nitrogen and oxygen atoms in total. The second kappa shape index (κ2) is 8.65. The van der Waals surface area contributed by atoms with Crippen molar-refractivity contribution in [1.82, 2.24) is 9.21 Å². The first-order chi connectivity index (χ1) is 14.7. The van der Waals surface area contributed by atoms with Crippen LogP contribution in [0.1, 0.15) is 31.2 Å². The topological polar surface area (TPSA) is 74.8 Å². The van der Waals surface area contributed by atoms with E-state index in [1.54, 1.807) is 58.9 Å². The van der Waals surface area contributed by atoms with Gasteiger partial charge in [0.15, 0.2) is 9.84 Å². The minimum atomic E-state index is -3.71. The van der Waals surface area contributed by atoms with Gasteiger partial charge in [0.05, 0.1) is 15.5 Å². The van der Waals surface area contributed by atoms with Crippen LogP contribution in [0.3, 0.4) is 0 Å². The molecule has 1 aliphatic carbocycles. The number of aryl methyl sites for hydroxylation is 1. The molecule has 0 N–H and O–H groups in total. The molecule has 8 heteroatoms. The highest BCUT2D eigenvalue weighted by Crippen LogP contribution is 2.36. The summed E-state index contributed by atoms with van der Waals surface area (Å²) < 4.78 is 54.9. The van der Waals surface area contributed by atoms with Gasteiger partial charge in [-0.25, -0.2) is 16.8 Å². The SMILES string of the molecule is Cc1ccc(S(=O)(=O)N2C[C@@H](CS(=O)(=O)c3ccccc3)N(C)C3CCCCC32)cc1. The molecule has 1 aliphatic heterocycles. The third kappa shape index (κ3) is 4.44. The van der Waals surface area contributed by atoms with Gasteiger partial charge in [0.25, 0.3) is 0 Å². The van der Waals surface area contributed by atoms with Gasteiger partial charge in [0.1, 0.15) is 0 Å². The van der Waals surface area contributed by atoms with E-state index in [0.717, 1.165) is 31.2 Å². The number of hydrogen-bond acceptors (Lipinski definition) is 5. The molecule has 1 saturated heterocycles. The Hall–Kier alpha value is -1.74. The molecule has 1 saturated carbocycles. The minimum Gasteiger partial charge on any atom is -0.297 e. The van der Waals surface area contributed by atoms with Crippen molar-refractivity contribution in [3.63, 3.8) is 0 Å². The van der Waals surface area contributed by atoms with Crippen LogP contribution in [-0.2, 0) is 19.9 Å². The molecule has 0 bridgehead atoms. The van der Waals surface area contributed by atoms with Crippen LogP contribution in [0.2, 0.25) is 0 Å². The lowest BCUT2D eigenvalue weighted by Gasteiger charge is -2.51. The number of hydrogen-bond donors (Lipinski definition) is 0. The van der Waals surface area contributed by atoms with Crippen molar-refractivity contribution in [2.75, 3.05) is 19.3 Å². The van der Waals surface area contributed by atoms with E-state index in [1.807, 2.05) is 14.0 Å². The molecule has 2 aromatic carbocycles. The fraction of sp³-hybridized carbons (Fsp3) is 0.478. The molecule has 0 amide bonds. The zero-order chi connectivity index (χ0) is 22.2. The average Bonchev–Trinajstić information content (AvgIpc) is 2.76. The molecule has 31 heavy (non-hydrogen) atoms. The third-order valence-electron chi connectivity index (χ3n) is 6.70.